The molecule has 5 nitrogen and oxygen atoms in total. The largest absolute Gasteiger partial charge is 0.356 e. The van der Waals surface area contributed by atoms with E-state index in [4.69, 9.17) is 0 Å². The summed E-state index contributed by atoms with van der Waals surface area (Å²) in [5.74, 6) is 0.295. The van der Waals surface area contributed by atoms with Crippen LogP contribution in [0.25, 0.3) is 0 Å². The van der Waals surface area contributed by atoms with Crippen LogP contribution in [0.15, 0.2) is 0 Å². The van der Waals surface area contributed by atoms with Crippen molar-refractivity contribution in [2.75, 3.05) is 20.1 Å². The lowest BCUT2D eigenvalue weighted by molar-refractivity contribution is -0.122. The first-order valence-electron chi connectivity index (χ1n) is 8.33. The zero-order chi connectivity index (χ0) is 15.7. The Labute approximate surface area is 128 Å². The lowest BCUT2D eigenvalue weighted by Crippen LogP contribution is -2.43. The summed E-state index contributed by atoms with van der Waals surface area (Å²) in [5, 5.41) is 6.01. The van der Waals surface area contributed by atoms with Gasteiger partial charge in [-0.05, 0) is 45.7 Å². The number of nitrogens with zero attached hydrogens (tertiary/aromatic N) is 1. The standard InChI is InChI=1S/C16H31N3O2/c1-4-15(20)17-11-6-12-19(3)14-9-7-13(8-10-14)18-16(21)5-2/h13-14H,4-12H2,1-3H3,(H,17,20)(H,18,21). The quantitative estimate of drug-likeness (QED) is 0.670. The second-order valence-electron chi connectivity index (χ2n) is 5.96. The van der Waals surface area contributed by atoms with Crippen molar-refractivity contribution in [3.05, 3.63) is 0 Å². The molecule has 0 aliphatic heterocycles. The Balaban J connectivity index is 2.15. The maximum Gasteiger partial charge on any atom is 0.219 e. The highest BCUT2D eigenvalue weighted by molar-refractivity contribution is 5.76. The Morgan fingerprint density at radius 3 is 2.24 bits per heavy atom. The summed E-state index contributed by atoms with van der Waals surface area (Å²) in [4.78, 5) is 24.9. The van der Waals surface area contributed by atoms with Crippen molar-refractivity contribution in [1.29, 1.82) is 0 Å². The molecule has 1 saturated carbocycles. The van der Waals surface area contributed by atoms with Crippen LogP contribution >= 0.6 is 0 Å². The first-order valence-corrected chi connectivity index (χ1v) is 8.33. The van der Waals surface area contributed by atoms with Crippen LogP contribution in [-0.4, -0.2) is 48.9 Å². The monoisotopic (exact) mass is 297 g/mol. The molecule has 5 heteroatoms. The lowest BCUT2D eigenvalue weighted by Gasteiger charge is -2.35. The molecular formula is C16H31N3O2. The normalized spacial score (nSPS) is 22.1. The third-order valence-corrected chi connectivity index (χ3v) is 4.34. The van der Waals surface area contributed by atoms with Crippen molar-refractivity contribution in [2.45, 2.75) is 70.9 Å². The van der Waals surface area contributed by atoms with E-state index >= 15 is 0 Å². The van der Waals surface area contributed by atoms with E-state index in [1.54, 1.807) is 0 Å². The predicted molar refractivity (Wildman–Crippen MR) is 85.0 cm³/mol. The van der Waals surface area contributed by atoms with Gasteiger partial charge in [0.25, 0.3) is 0 Å². The van der Waals surface area contributed by atoms with Gasteiger partial charge in [0, 0.05) is 31.5 Å². The molecule has 0 aromatic carbocycles. The number of carbonyl (C=O) groups excluding carboxylic acids is 2. The zero-order valence-corrected chi connectivity index (χ0v) is 13.8. The van der Waals surface area contributed by atoms with Crippen molar-refractivity contribution < 1.29 is 9.59 Å². The molecule has 2 amide bonds. The molecule has 0 heterocycles. The lowest BCUT2D eigenvalue weighted by atomic mass is 9.90. The summed E-state index contributed by atoms with van der Waals surface area (Å²) in [6.45, 7) is 5.54. The van der Waals surface area contributed by atoms with Gasteiger partial charge >= 0.3 is 0 Å². The highest BCUT2D eigenvalue weighted by atomic mass is 16.2. The van der Waals surface area contributed by atoms with E-state index in [9.17, 15) is 9.59 Å². The summed E-state index contributed by atoms with van der Waals surface area (Å²) >= 11 is 0. The van der Waals surface area contributed by atoms with E-state index in [0.29, 0.717) is 24.9 Å². The summed E-state index contributed by atoms with van der Waals surface area (Å²) in [6, 6.07) is 0.979. The summed E-state index contributed by atoms with van der Waals surface area (Å²) in [5.41, 5.74) is 0. The SMILES string of the molecule is CCC(=O)NCCCN(C)C1CCC(NC(=O)CC)CC1. The molecule has 0 atom stereocenters. The Morgan fingerprint density at radius 1 is 1.05 bits per heavy atom. The number of rotatable bonds is 8. The fraction of sp³-hybridized carbons (Fsp3) is 0.875. The number of hydrogen-bond donors (Lipinski definition) is 2. The van der Waals surface area contributed by atoms with Crippen LogP contribution < -0.4 is 10.6 Å². The molecule has 0 spiro atoms. The molecule has 0 aromatic heterocycles. The van der Waals surface area contributed by atoms with E-state index in [1.165, 1.54) is 0 Å². The molecule has 0 bridgehead atoms. The second kappa shape index (κ2) is 9.77. The minimum absolute atomic E-state index is 0.129. The van der Waals surface area contributed by atoms with Gasteiger partial charge in [-0.2, -0.15) is 0 Å². The minimum Gasteiger partial charge on any atom is -0.356 e. The van der Waals surface area contributed by atoms with E-state index in [-0.39, 0.29) is 11.8 Å². The molecule has 1 rings (SSSR count). The Hall–Kier alpha value is -1.10. The molecule has 2 N–H and O–H groups in total. The van der Waals surface area contributed by atoms with Gasteiger partial charge in [0.2, 0.25) is 11.8 Å². The topological polar surface area (TPSA) is 61.4 Å². The molecule has 21 heavy (non-hydrogen) atoms. The number of amides is 2. The third-order valence-electron chi connectivity index (χ3n) is 4.34. The third kappa shape index (κ3) is 6.93. The van der Waals surface area contributed by atoms with Crippen LogP contribution in [0.5, 0.6) is 0 Å². The molecule has 0 aromatic rings. The smallest absolute Gasteiger partial charge is 0.219 e. The molecule has 0 saturated heterocycles. The Morgan fingerprint density at radius 2 is 1.67 bits per heavy atom. The molecule has 1 fully saturated rings. The van der Waals surface area contributed by atoms with Crippen LogP contribution in [0.2, 0.25) is 0 Å². The zero-order valence-electron chi connectivity index (χ0n) is 13.8. The number of carbonyl (C=O) groups is 2. The average Bonchev–Trinajstić information content (AvgIpc) is 2.51. The van der Waals surface area contributed by atoms with Gasteiger partial charge in [-0.25, -0.2) is 0 Å². The molecule has 0 unspecified atom stereocenters. The molecule has 122 valence electrons. The molecular weight excluding hydrogens is 266 g/mol. The van der Waals surface area contributed by atoms with Gasteiger partial charge in [0.15, 0.2) is 0 Å². The van der Waals surface area contributed by atoms with Crippen molar-refractivity contribution in [2.24, 2.45) is 0 Å². The van der Waals surface area contributed by atoms with Crippen molar-refractivity contribution in [3.63, 3.8) is 0 Å². The Bertz CT molecular complexity index is 325. The van der Waals surface area contributed by atoms with E-state index in [1.807, 2.05) is 13.8 Å². The van der Waals surface area contributed by atoms with Gasteiger partial charge in [-0.3, -0.25) is 9.59 Å². The van der Waals surface area contributed by atoms with Crippen LogP contribution in [0.4, 0.5) is 0 Å². The number of nitrogens with one attached hydrogen (secondary N) is 2. The first kappa shape index (κ1) is 18.0. The number of hydrogen-bond acceptors (Lipinski definition) is 3. The first-order chi connectivity index (χ1) is 10.1. The highest BCUT2D eigenvalue weighted by Crippen LogP contribution is 2.22. The van der Waals surface area contributed by atoms with Crippen LogP contribution in [0.3, 0.4) is 0 Å². The second-order valence-corrected chi connectivity index (χ2v) is 5.96. The van der Waals surface area contributed by atoms with Gasteiger partial charge in [0.05, 0.1) is 0 Å². The maximum atomic E-state index is 11.4. The summed E-state index contributed by atoms with van der Waals surface area (Å²) < 4.78 is 0. The van der Waals surface area contributed by atoms with Gasteiger partial charge < -0.3 is 15.5 Å². The van der Waals surface area contributed by atoms with Crippen molar-refractivity contribution >= 4 is 11.8 Å². The van der Waals surface area contributed by atoms with Gasteiger partial charge in [-0.1, -0.05) is 13.8 Å². The summed E-state index contributed by atoms with van der Waals surface area (Å²) in [7, 11) is 2.16. The van der Waals surface area contributed by atoms with Crippen LogP contribution in [-0.2, 0) is 9.59 Å². The Kier molecular flexibility index (Phi) is 8.35. The minimum atomic E-state index is 0.129. The fourth-order valence-electron chi connectivity index (χ4n) is 2.85. The van der Waals surface area contributed by atoms with E-state index < -0.39 is 0 Å². The van der Waals surface area contributed by atoms with Crippen molar-refractivity contribution in [1.82, 2.24) is 15.5 Å². The van der Waals surface area contributed by atoms with E-state index in [0.717, 1.165) is 45.2 Å². The van der Waals surface area contributed by atoms with Gasteiger partial charge in [0.1, 0.15) is 0 Å². The maximum absolute atomic E-state index is 11.4. The van der Waals surface area contributed by atoms with Crippen molar-refractivity contribution in [3.8, 4) is 0 Å². The predicted octanol–water partition coefficient (Wildman–Crippen LogP) is 1.67. The van der Waals surface area contributed by atoms with Crippen LogP contribution in [0, 0.1) is 0 Å². The molecule has 1 aliphatic carbocycles. The van der Waals surface area contributed by atoms with Crippen LogP contribution in [0.1, 0.15) is 58.8 Å². The molecule has 1 aliphatic rings. The highest BCUT2D eigenvalue weighted by Gasteiger charge is 2.24. The van der Waals surface area contributed by atoms with E-state index in [2.05, 4.69) is 22.6 Å². The molecule has 0 radical (unpaired) electrons. The fourth-order valence-corrected chi connectivity index (χ4v) is 2.85. The summed E-state index contributed by atoms with van der Waals surface area (Å²) in [6.07, 6.45) is 6.57. The average molecular weight is 297 g/mol. The van der Waals surface area contributed by atoms with Gasteiger partial charge in [-0.15, -0.1) is 0 Å².